The highest BCUT2D eigenvalue weighted by atomic mass is 35.5. The predicted molar refractivity (Wildman–Crippen MR) is 113 cm³/mol. The number of aromatic nitrogens is 1. The second kappa shape index (κ2) is 8.95. The standard InChI is InChI=1S/C20H20ClN3O3S/c1-12-15(21)5-4-6-16(12)23-19(25)9-13-11-28-20(22-13)24-17-10-14(26-2)7-8-18(17)27-3/h4-8,10-11H,9H2,1-3H3,(H,22,24)(H,23,25). The number of carbonyl (C=O) groups is 1. The molecule has 3 aromatic rings. The fourth-order valence-corrected chi connectivity index (χ4v) is 3.47. The quantitative estimate of drug-likeness (QED) is 0.563. The van der Waals surface area contributed by atoms with Crippen molar-refractivity contribution in [2.45, 2.75) is 13.3 Å². The molecular weight excluding hydrogens is 398 g/mol. The van der Waals surface area contributed by atoms with Crippen LogP contribution >= 0.6 is 22.9 Å². The van der Waals surface area contributed by atoms with Gasteiger partial charge in [-0.25, -0.2) is 4.98 Å². The number of nitrogens with zero attached hydrogens (tertiary/aromatic N) is 1. The van der Waals surface area contributed by atoms with Crippen LogP contribution in [0.4, 0.5) is 16.5 Å². The van der Waals surface area contributed by atoms with Crippen LogP contribution in [0, 0.1) is 6.92 Å². The molecule has 28 heavy (non-hydrogen) atoms. The molecule has 0 radical (unpaired) electrons. The van der Waals surface area contributed by atoms with Crippen molar-refractivity contribution in [3.63, 3.8) is 0 Å². The molecule has 0 fully saturated rings. The van der Waals surface area contributed by atoms with E-state index in [9.17, 15) is 4.79 Å². The molecule has 0 aliphatic rings. The number of anilines is 3. The minimum absolute atomic E-state index is 0.152. The lowest BCUT2D eigenvalue weighted by molar-refractivity contribution is -0.115. The Morgan fingerprint density at radius 2 is 2.00 bits per heavy atom. The molecule has 0 saturated heterocycles. The molecule has 1 amide bonds. The van der Waals surface area contributed by atoms with Crippen molar-refractivity contribution in [1.29, 1.82) is 0 Å². The van der Waals surface area contributed by atoms with Crippen LogP contribution in [-0.2, 0) is 11.2 Å². The lowest BCUT2D eigenvalue weighted by Gasteiger charge is -2.10. The van der Waals surface area contributed by atoms with E-state index >= 15 is 0 Å². The van der Waals surface area contributed by atoms with Gasteiger partial charge in [0.2, 0.25) is 5.91 Å². The molecule has 6 nitrogen and oxygen atoms in total. The maximum Gasteiger partial charge on any atom is 0.230 e. The van der Waals surface area contributed by atoms with Crippen LogP contribution in [0.3, 0.4) is 0 Å². The maximum atomic E-state index is 12.4. The highest BCUT2D eigenvalue weighted by Gasteiger charge is 2.12. The van der Waals surface area contributed by atoms with Crippen LogP contribution in [0.5, 0.6) is 11.5 Å². The molecule has 0 spiro atoms. The summed E-state index contributed by atoms with van der Waals surface area (Å²) < 4.78 is 10.6. The van der Waals surface area contributed by atoms with Gasteiger partial charge < -0.3 is 20.1 Å². The number of methoxy groups -OCH3 is 2. The first-order valence-corrected chi connectivity index (χ1v) is 9.74. The number of thiazole rings is 1. The third-order valence-electron chi connectivity index (χ3n) is 4.08. The number of rotatable bonds is 7. The van der Waals surface area contributed by atoms with E-state index in [0.717, 1.165) is 11.3 Å². The van der Waals surface area contributed by atoms with E-state index < -0.39 is 0 Å². The van der Waals surface area contributed by atoms with Crippen LogP contribution in [-0.4, -0.2) is 25.1 Å². The lowest BCUT2D eigenvalue weighted by Crippen LogP contribution is -2.15. The summed E-state index contributed by atoms with van der Waals surface area (Å²) in [6, 6.07) is 10.9. The summed E-state index contributed by atoms with van der Waals surface area (Å²) in [7, 11) is 3.20. The smallest absolute Gasteiger partial charge is 0.230 e. The van der Waals surface area contributed by atoms with Crippen molar-refractivity contribution in [2.75, 3.05) is 24.9 Å². The van der Waals surface area contributed by atoms with Crippen molar-refractivity contribution in [3.8, 4) is 11.5 Å². The molecule has 1 heterocycles. The first-order valence-electron chi connectivity index (χ1n) is 8.48. The number of carbonyl (C=O) groups excluding carboxylic acids is 1. The molecule has 3 rings (SSSR count). The zero-order valence-corrected chi connectivity index (χ0v) is 17.3. The molecule has 2 N–H and O–H groups in total. The van der Waals surface area contributed by atoms with Gasteiger partial charge in [-0.3, -0.25) is 4.79 Å². The molecule has 0 unspecified atom stereocenters. The highest BCUT2D eigenvalue weighted by molar-refractivity contribution is 7.13. The number of halogens is 1. The van der Waals surface area contributed by atoms with Crippen LogP contribution in [0.1, 0.15) is 11.3 Å². The predicted octanol–water partition coefficient (Wildman–Crippen LogP) is 5.05. The van der Waals surface area contributed by atoms with Crippen LogP contribution in [0.25, 0.3) is 0 Å². The Morgan fingerprint density at radius 1 is 1.18 bits per heavy atom. The van der Waals surface area contributed by atoms with Crippen molar-refractivity contribution in [3.05, 3.63) is 58.1 Å². The summed E-state index contributed by atoms with van der Waals surface area (Å²) in [6.07, 6.45) is 0.166. The lowest BCUT2D eigenvalue weighted by atomic mass is 10.2. The first kappa shape index (κ1) is 20.0. The van der Waals surface area contributed by atoms with Gasteiger partial charge in [-0.05, 0) is 36.8 Å². The third kappa shape index (κ3) is 4.74. The normalized spacial score (nSPS) is 10.4. The summed E-state index contributed by atoms with van der Waals surface area (Å²) in [6.45, 7) is 1.87. The average molecular weight is 418 g/mol. The Labute approximate surface area is 172 Å². The van der Waals surface area contributed by atoms with E-state index in [-0.39, 0.29) is 12.3 Å². The molecule has 2 aromatic carbocycles. The van der Waals surface area contributed by atoms with E-state index in [1.807, 2.05) is 36.6 Å². The fraction of sp³-hybridized carbons (Fsp3) is 0.200. The van der Waals surface area contributed by atoms with Gasteiger partial charge in [0, 0.05) is 22.2 Å². The first-order chi connectivity index (χ1) is 13.5. The third-order valence-corrected chi connectivity index (χ3v) is 5.30. The van der Waals surface area contributed by atoms with Gasteiger partial charge in [0.25, 0.3) is 0 Å². The molecule has 8 heteroatoms. The van der Waals surface area contributed by atoms with Crippen LogP contribution in [0.15, 0.2) is 41.8 Å². The summed E-state index contributed by atoms with van der Waals surface area (Å²) in [5.41, 5.74) is 2.95. The van der Waals surface area contributed by atoms with Gasteiger partial charge in [-0.15, -0.1) is 11.3 Å². The Kier molecular flexibility index (Phi) is 6.38. The molecular formula is C20H20ClN3O3S. The number of hydrogen-bond donors (Lipinski definition) is 2. The number of hydrogen-bond acceptors (Lipinski definition) is 6. The van der Waals surface area contributed by atoms with Gasteiger partial charge in [0.1, 0.15) is 11.5 Å². The zero-order valence-electron chi connectivity index (χ0n) is 15.7. The molecule has 0 atom stereocenters. The van der Waals surface area contributed by atoms with E-state index in [1.165, 1.54) is 11.3 Å². The van der Waals surface area contributed by atoms with Crippen molar-refractivity contribution < 1.29 is 14.3 Å². The Balaban J connectivity index is 1.67. The molecule has 0 aliphatic carbocycles. The molecule has 0 aliphatic heterocycles. The average Bonchev–Trinajstić information content (AvgIpc) is 3.12. The topological polar surface area (TPSA) is 72.5 Å². The van der Waals surface area contributed by atoms with Gasteiger partial charge in [-0.2, -0.15) is 0 Å². The number of amides is 1. The molecule has 0 saturated carbocycles. The summed E-state index contributed by atoms with van der Waals surface area (Å²) in [5.74, 6) is 1.23. The van der Waals surface area contributed by atoms with E-state index in [1.54, 1.807) is 26.4 Å². The maximum absolute atomic E-state index is 12.4. The number of nitrogens with one attached hydrogen (secondary N) is 2. The summed E-state index contributed by atoms with van der Waals surface area (Å²) in [4.78, 5) is 16.8. The highest BCUT2D eigenvalue weighted by Crippen LogP contribution is 2.32. The Bertz CT molecular complexity index is 991. The van der Waals surface area contributed by atoms with E-state index in [0.29, 0.717) is 33.0 Å². The van der Waals surface area contributed by atoms with Gasteiger partial charge in [-0.1, -0.05) is 17.7 Å². The Morgan fingerprint density at radius 3 is 2.75 bits per heavy atom. The van der Waals surface area contributed by atoms with E-state index in [4.69, 9.17) is 21.1 Å². The second-order valence-corrected chi connectivity index (χ2v) is 7.24. The summed E-state index contributed by atoms with van der Waals surface area (Å²) >= 11 is 7.51. The SMILES string of the molecule is COc1ccc(OC)c(Nc2nc(CC(=O)Nc3cccc(Cl)c3C)cs2)c1. The van der Waals surface area contributed by atoms with Crippen molar-refractivity contribution >= 4 is 45.4 Å². The molecule has 0 bridgehead atoms. The van der Waals surface area contributed by atoms with Gasteiger partial charge in [0.15, 0.2) is 5.13 Å². The van der Waals surface area contributed by atoms with E-state index in [2.05, 4.69) is 15.6 Å². The van der Waals surface area contributed by atoms with Crippen LogP contribution in [0.2, 0.25) is 5.02 Å². The Hall–Kier alpha value is -2.77. The largest absolute Gasteiger partial charge is 0.497 e. The minimum atomic E-state index is -0.152. The molecule has 1 aromatic heterocycles. The van der Waals surface area contributed by atoms with Gasteiger partial charge in [0.05, 0.1) is 32.0 Å². The monoisotopic (exact) mass is 417 g/mol. The second-order valence-electron chi connectivity index (χ2n) is 5.97. The minimum Gasteiger partial charge on any atom is -0.497 e. The summed E-state index contributed by atoms with van der Waals surface area (Å²) in [5, 5.41) is 9.21. The number of ether oxygens (including phenoxy) is 2. The van der Waals surface area contributed by atoms with Crippen molar-refractivity contribution in [2.24, 2.45) is 0 Å². The molecule has 146 valence electrons. The van der Waals surface area contributed by atoms with Gasteiger partial charge >= 0.3 is 0 Å². The number of benzene rings is 2. The fourth-order valence-electron chi connectivity index (χ4n) is 2.57. The van der Waals surface area contributed by atoms with Crippen LogP contribution < -0.4 is 20.1 Å². The zero-order chi connectivity index (χ0) is 20.1. The van der Waals surface area contributed by atoms with Crippen molar-refractivity contribution in [1.82, 2.24) is 4.98 Å².